The number of nitrogens with one attached hydrogen (secondary N) is 3. The Kier molecular flexibility index (Phi) is 4.36. The summed E-state index contributed by atoms with van der Waals surface area (Å²) in [6, 6.07) is -0.0930. The molecular formula is C11H17ClN6O. The van der Waals surface area contributed by atoms with Crippen LogP contribution in [0.3, 0.4) is 0 Å². The molecule has 3 N–H and O–H groups in total. The van der Waals surface area contributed by atoms with E-state index in [0.29, 0.717) is 18.5 Å². The minimum absolute atomic E-state index is 0.0657. The quantitative estimate of drug-likeness (QED) is 0.723. The topological polar surface area (TPSA) is 91.8 Å². The van der Waals surface area contributed by atoms with Crippen LogP contribution in [-0.2, 0) is 4.79 Å². The summed E-state index contributed by atoms with van der Waals surface area (Å²) in [7, 11) is 0. The first kappa shape index (κ1) is 13.8. The van der Waals surface area contributed by atoms with Crippen molar-refractivity contribution in [2.75, 3.05) is 17.2 Å². The zero-order valence-corrected chi connectivity index (χ0v) is 11.7. The van der Waals surface area contributed by atoms with Gasteiger partial charge in [-0.05, 0) is 38.3 Å². The van der Waals surface area contributed by atoms with Gasteiger partial charge in [0.05, 0.1) is 0 Å². The molecule has 0 spiro atoms. The Morgan fingerprint density at radius 3 is 2.68 bits per heavy atom. The Morgan fingerprint density at radius 1 is 1.37 bits per heavy atom. The minimum Gasteiger partial charge on any atom is -0.354 e. The molecule has 1 heterocycles. The van der Waals surface area contributed by atoms with Crippen LogP contribution in [0.4, 0.5) is 11.9 Å². The lowest BCUT2D eigenvalue weighted by molar-refractivity contribution is -0.121. The van der Waals surface area contributed by atoms with Gasteiger partial charge in [0, 0.05) is 12.6 Å². The number of aromatic nitrogens is 3. The molecular weight excluding hydrogens is 268 g/mol. The van der Waals surface area contributed by atoms with E-state index in [1.807, 2.05) is 6.92 Å². The SMILES string of the molecule is CCNc1nc(Cl)nc(NC(C)C(=O)NC2CC2)n1. The summed E-state index contributed by atoms with van der Waals surface area (Å²) in [5.74, 6) is 0.609. The zero-order valence-electron chi connectivity index (χ0n) is 10.9. The Morgan fingerprint density at radius 2 is 2.05 bits per heavy atom. The number of halogens is 1. The van der Waals surface area contributed by atoms with Gasteiger partial charge in [0.2, 0.25) is 23.1 Å². The lowest BCUT2D eigenvalue weighted by Gasteiger charge is -2.14. The molecule has 0 aliphatic heterocycles. The van der Waals surface area contributed by atoms with E-state index in [1.165, 1.54) is 0 Å². The molecule has 1 aromatic heterocycles. The standard InChI is InChI=1S/C11H17ClN6O/c1-3-13-10-16-9(12)17-11(18-10)14-6(2)8(19)15-7-4-5-7/h6-7H,3-5H2,1-2H3,(H,15,19)(H2,13,14,16,17,18). The maximum absolute atomic E-state index is 11.8. The predicted octanol–water partition coefficient (Wildman–Crippen LogP) is 1.04. The lowest BCUT2D eigenvalue weighted by Crippen LogP contribution is -2.39. The Labute approximate surface area is 116 Å². The van der Waals surface area contributed by atoms with E-state index in [0.717, 1.165) is 12.8 Å². The summed E-state index contributed by atoms with van der Waals surface area (Å²) in [5.41, 5.74) is 0. The largest absolute Gasteiger partial charge is 0.354 e. The van der Waals surface area contributed by atoms with Crippen LogP contribution in [0.1, 0.15) is 26.7 Å². The van der Waals surface area contributed by atoms with Crippen LogP contribution >= 0.6 is 11.6 Å². The Bertz CT molecular complexity index is 464. The second-order valence-electron chi connectivity index (χ2n) is 4.43. The Hall–Kier alpha value is -1.63. The molecule has 7 nitrogen and oxygen atoms in total. The van der Waals surface area contributed by atoms with E-state index in [9.17, 15) is 4.79 Å². The minimum atomic E-state index is -0.423. The number of amides is 1. The zero-order chi connectivity index (χ0) is 13.8. The highest BCUT2D eigenvalue weighted by atomic mass is 35.5. The van der Waals surface area contributed by atoms with Crippen molar-refractivity contribution in [1.82, 2.24) is 20.3 Å². The van der Waals surface area contributed by atoms with Crippen molar-refractivity contribution in [3.63, 3.8) is 0 Å². The maximum atomic E-state index is 11.8. The molecule has 0 radical (unpaired) electrons. The average Bonchev–Trinajstić information content (AvgIpc) is 3.12. The molecule has 0 aromatic carbocycles. The van der Waals surface area contributed by atoms with Gasteiger partial charge in [-0.3, -0.25) is 4.79 Å². The summed E-state index contributed by atoms with van der Waals surface area (Å²) >= 11 is 5.80. The van der Waals surface area contributed by atoms with Crippen LogP contribution in [0.25, 0.3) is 0 Å². The van der Waals surface area contributed by atoms with Crippen LogP contribution in [-0.4, -0.2) is 39.5 Å². The molecule has 0 bridgehead atoms. The molecule has 1 aromatic rings. The van der Waals surface area contributed by atoms with Gasteiger partial charge in [0.1, 0.15) is 6.04 Å². The van der Waals surface area contributed by atoms with E-state index in [-0.39, 0.29) is 17.1 Å². The van der Waals surface area contributed by atoms with E-state index < -0.39 is 6.04 Å². The Balaban J connectivity index is 1.98. The number of carbonyl (C=O) groups is 1. The van der Waals surface area contributed by atoms with Crippen molar-refractivity contribution in [2.45, 2.75) is 38.8 Å². The molecule has 1 aliphatic carbocycles. The molecule has 1 fully saturated rings. The fraction of sp³-hybridized carbons (Fsp3) is 0.636. The van der Waals surface area contributed by atoms with Crippen molar-refractivity contribution in [2.24, 2.45) is 0 Å². The molecule has 104 valence electrons. The lowest BCUT2D eigenvalue weighted by atomic mass is 10.3. The number of carbonyl (C=O) groups excluding carboxylic acids is 1. The van der Waals surface area contributed by atoms with Gasteiger partial charge in [-0.15, -0.1) is 0 Å². The number of anilines is 2. The third kappa shape index (κ3) is 4.20. The van der Waals surface area contributed by atoms with Gasteiger partial charge in [-0.2, -0.15) is 15.0 Å². The smallest absolute Gasteiger partial charge is 0.242 e. The summed E-state index contributed by atoms with van der Waals surface area (Å²) in [6.45, 7) is 4.36. The molecule has 0 saturated heterocycles. The van der Waals surface area contributed by atoms with Crippen molar-refractivity contribution >= 4 is 29.4 Å². The van der Waals surface area contributed by atoms with Crippen LogP contribution in [0.15, 0.2) is 0 Å². The average molecular weight is 285 g/mol. The van der Waals surface area contributed by atoms with Gasteiger partial charge in [-0.25, -0.2) is 0 Å². The predicted molar refractivity (Wildman–Crippen MR) is 73.3 cm³/mol. The molecule has 1 amide bonds. The van der Waals surface area contributed by atoms with Gasteiger partial charge in [0.25, 0.3) is 0 Å². The van der Waals surface area contributed by atoms with E-state index in [2.05, 4.69) is 30.9 Å². The summed E-state index contributed by atoms with van der Waals surface area (Å²) < 4.78 is 0. The van der Waals surface area contributed by atoms with E-state index >= 15 is 0 Å². The highest BCUT2D eigenvalue weighted by Gasteiger charge is 2.25. The van der Waals surface area contributed by atoms with Crippen LogP contribution in [0.2, 0.25) is 5.28 Å². The molecule has 1 unspecified atom stereocenters. The fourth-order valence-electron chi connectivity index (χ4n) is 1.46. The summed E-state index contributed by atoms with van der Waals surface area (Å²) in [4.78, 5) is 23.8. The monoisotopic (exact) mass is 284 g/mol. The molecule has 1 aliphatic rings. The number of hydrogen-bond acceptors (Lipinski definition) is 6. The van der Waals surface area contributed by atoms with Crippen molar-refractivity contribution in [3.05, 3.63) is 5.28 Å². The molecule has 1 atom stereocenters. The first-order chi connectivity index (χ1) is 9.08. The van der Waals surface area contributed by atoms with Crippen molar-refractivity contribution < 1.29 is 4.79 Å². The second-order valence-corrected chi connectivity index (χ2v) is 4.77. The van der Waals surface area contributed by atoms with Crippen molar-refractivity contribution in [3.8, 4) is 0 Å². The third-order valence-electron chi connectivity index (χ3n) is 2.61. The first-order valence-corrected chi connectivity index (χ1v) is 6.68. The second kappa shape index (κ2) is 6.01. The van der Waals surface area contributed by atoms with Crippen LogP contribution in [0, 0.1) is 0 Å². The first-order valence-electron chi connectivity index (χ1n) is 6.31. The molecule has 19 heavy (non-hydrogen) atoms. The van der Waals surface area contributed by atoms with Gasteiger partial charge < -0.3 is 16.0 Å². The van der Waals surface area contributed by atoms with Crippen LogP contribution in [0.5, 0.6) is 0 Å². The van der Waals surface area contributed by atoms with Gasteiger partial charge in [0.15, 0.2) is 0 Å². The number of hydrogen-bond donors (Lipinski definition) is 3. The fourth-order valence-corrected chi connectivity index (χ4v) is 1.62. The summed E-state index contributed by atoms with van der Waals surface area (Å²) in [5, 5.41) is 8.86. The molecule has 8 heteroatoms. The van der Waals surface area contributed by atoms with E-state index in [4.69, 9.17) is 11.6 Å². The summed E-state index contributed by atoms with van der Waals surface area (Å²) in [6.07, 6.45) is 2.11. The highest BCUT2D eigenvalue weighted by Crippen LogP contribution is 2.19. The van der Waals surface area contributed by atoms with Gasteiger partial charge >= 0.3 is 0 Å². The number of rotatable bonds is 6. The van der Waals surface area contributed by atoms with Crippen molar-refractivity contribution in [1.29, 1.82) is 0 Å². The molecule has 1 saturated carbocycles. The highest BCUT2D eigenvalue weighted by molar-refractivity contribution is 6.28. The third-order valence-corrected chi connectivity index (χ3v) is 2.77. The van der Waals surface area contributed by atoms with Crippen LogP contribution < -0.4 is 16.0 Å². The molecule has 2 rings (SSSR count). The number of nitrogens with zero attached hydrogens (tertiary/aromatic N) is 3. The normalized spacial score (nSPS) is 15.7. The maximum Gasteiger partial charge on any atom is 0.242 e. The van der Waals surface area contributed by atoms with E-state index in [1.54, 1.807) is 6.92 Å². The van der Waals surface area contributed by atoms with Gasteiger partial charge in [-0.1, -0.05) is 0 Å².